The Morgan fingerprint density at radius 1 is 1.57 bits per heavy atom. The Hall–Kier alpha value is -0.610. The van der Waals surface area contributed by atoms with Crippen LogP contribution in [0.2, 0.25) is 5.28 Å². The van der Waals surface area contributed by atoms with Crippen molar-refractivity contribution in [1.29, 1.82) is 0 Å². The van der Waals surface area contributed by atoms with Gasteiger partial charge < -0.3 is 4.57 Å². The molecule has 1 aromatic heterocycles. The maximum Gasteiger partial charge on any atom is 0.203 e. The van der Waals surface area contributed by atoms with E-state index in [2.05, 4.69) is 20.9 Å². The monoisotopic (exact) mass is 276 g/mol. The Bertz CT molecular complexity index is 495. The van der Waals surface area contributed by atoms with Crippen LogP contribution in [0.4, 0.5) is 4.39 Å². The zero-order valence-electron chi connectivity index (χ0n) is 7.39. The van der Waals surface area contributed by atoms with Gasteiger partial charge in [0.1, 0.15) is 5.52 Å². The molecule has 0 radical (unpaired) electrons. The van der Waals surface area contributed by atoms with E-state index in [1.165, 1.54) is 6.07 Å². The maximum atomic E-state index is 13.4. The predicted octanol–water partition coefficient (Wildman–Crippen LogP) is 3.61. The molecule has 0 unspecified atom stereocenters. The Morgan fingerprint density at radius 2 is 2.29 bits per heavy atom. The molecule has 0 aliphatic carbocycles. The number of nitrogens with zero attached hydrogens (tertiary/aromatic N) is 2. The standard InChI is InChI=1S/C9H7BrClFN2/c1-2-14-7-4-5(10)3-6(12)8(7)13-9(14)11/h3-4H,2H2,1H3. The smallest absolute Gasteiger partial charge is 0.203 e. The third-order valence-corrected chi connectivity index (χ3v) is 2.79. The summed E-state index contributed by atoms with van der Waals surface area (Å²) in [4.78, 5) is 3.96. The van der Waals surface area contributed by atoms with E-state index in [0.717, 1.165) is 0 Å². The number of imidazole rings is 1. The maximum absolute atomic E-state index is 13.4. The highest BCUT2D eigenvalue weighted by molar-refractivity contribution is 9.10. The molecular weight excluding hydrogens is 270 g/mol. The Balaban J connectivity index is 2.87. The van der Waals surface area contributed by atoms with Crippen LogP contribution >= 0.6 is 27.5 Å². The SMILES string of the molecule is CCn1c(Cl)nc2c(F)cc(Br)cc21. The average molecular weight is 278 g/mol. The van der Waals surface area contributed by atoms with Crippen molar-refractivity contribution in [2.45, 2.75) is 13.5 Å². The van der Waals surface area contributed by atoms with Crippen LogP contribution in [-0.4, -0.2) is 9.55 Å². The molecular formula is C9H7BrClFN2. The lowest BCUT2D eigenvalue weighted by Gasteiger charge is -2.00. The molecule has 0 atom stereocenters. The molecule has 0 aliphatic heterocycles. The quantitative estimate of drug-likeness (QED) is 0.778. The number of fused-ring (bicyclic) bond motifs is 1. The normalized spacial score (nSPS) is 11.1. The van der Waals surface area contributed by atoms with Crippen molar-refractivity contribution in [3.63, 3.8) is 0 Å². The van der Waals surface area contributed by atoms with Gasteiger partial charge in [-0.05, 0) is 30.7 Å². The van der Waals surface area contributed by atoms with Crippen molar-refractivity contribution in [3.05, 3.63) is 27.7 Å². The topological polar surface area (TPSA) is 17.8 Å². The fraction of sp³-hybridized carbons (Fsp3) is 0.222. The first-order chi connectivity index (χ1) is 6.63. The van der Waals surface area contributed by atoms with Crippen molar-refractivity contribution in [2.24, 2.45) is 0 Å². The van der Waals surface area contributed by atoms with Gasteiger partial charge in [-0.2, -0.15) is 0 Å². The van der Waals surface area contributed by atoms with E-state index in [0.29, 0.717) is 27.3 Å². The van der Waals surface area contributed by atoms with Crippen LogP contribution < -0.4 is 0 Å². The molecule has 0 bridgehead atoms. The van der Waals surface area contributed by atoms with Crippen LogP contribution in [0.25, 0.3) is 11.0 Å². The number of halogens is 3. The number of aromatic nitrogens is 2. The van der Waals surface area contributed by atoms with Gasteiger partial charge in [-0.1, -0.05) is 15.9 Å². The van der Waals surface area contributed by atoms with Crippen molar-refractivity contribution in [3.8, 4) is 0 Å². The predicted molar refractivity (Wildman–Crippen MR) is 58.1 cm³/mol. The van der Waals surface area contributed by atoms with Gasteiger partial charge in [0.15, 0.2) is 5.82 Å². The molecule has 0 saturated heterocycles. The summed E-state index contributed by atoms with van der Waals surface area (Å²) in [5.74, 6) is -0.358. The molecule has 1 heterocycles. The van der Waals surface area contributed by atoms with Crippen LogP contribution in [0.5, 0.6) is 0 Å². The zero-order chi connectivity index (χ0) is 10.3. The summed E-state index contributed by atoms with van der Waals surface area (Å²) in [5.41, 5.74) is 1.03. The first-order valence-corrected chi connectivity index (χ1v) is 5.31. The number of benzene rings is 1. The first-order valence-electron chi connectivity index (χ1n) is 4.14. The van der Waals surface area contributed by atoms with Gasteiger partial charge in [-0.3, -0.25) is 0 Å². The third kappa shape index (κ3) is 1.42. The van der Waals surface area contributed by atoms with Gasteiger partial charge in [0.25, 0.3) is 0 Å². The van der Waals surface area contributed by atoms with Crippen LogP contribution in [0.3, 0.4) is 0 Å². The lowest BCUT2D eigenvalue weighted by Crippen LogP contribution is -1.93. The molecule has 2 aromatic rings. The minimum absolute atomic E-state index is 0.319. The van der Waals surface area contributed by atoms with E-state index < -0.39 is 0 Å². The molecule has 0 spiro atoms. The Morgan fingerprint density at radius 3 is 2.93 bits per heavy atom. The molecule has 0 N–H and O–H groups in total. The Labute approximate surface area is 93.8 Å². The van der Waals surface area contributed by atoms with Crippen molar-refractivity contribution < 1.29 is 4.39 Å². The number of rotatable bonds is 1. The number of hydrogen-bond acceptors (Lipinski definition) is 1. The van der Waals surface area contributed by atoms with E-state index in [-0.39, 0.29) is 5.82 Å². The van der Waals surface area contributed by atoms with Crippen molar-refractivity contribution >= 4 is 38.6 Å². The van der Waals surface area contributed by atoms with Gasteiger partial charge in [-0.15, -0.1) is 0 Å². The highest BCUT2D eigenvalue weighted by atomic mass is 79.9. The van der Waals surface area contributed by atoms with E-state index in [1.807, 2.05) is 6.92 Å². The van der Waals surface area contributed by atoms with Crippen LogP contribution in [0.1, 0.15) is 6.92 Å². The summed E-state index contributed by atoms with van der Waals surface area (Å²) in [7, 11) is 0. The molecule has 74 valence electrons. The summed E-state index contributed by atoms with van der Waals surface area (Å²) in [6.07, 6.45) is 0. The first kappa shape index (κ1) is 9.93. The lowest BCUT2D eigenvalue weighted by molar-refractivity contribution is 0.636. The zero-order valence-corrected chi connectivity index (χ0v) is 9.73. The van der Waals surface area contributed by atoms with Gasteiger partial charge >= 0.3 is 0 Å². The largest absolute Gasteiger partial charge is 0.315 e. The highest BCUT2D eigenvalue weighted by Gasteiger charge is 2.12. The summed E-state index contributed by atoms with van der Waals surface area (Å²) in [6.45, 7) is 2.61. The molecule has 1 aromatic carbocycles. The second-order valence-electron chi connectivity index (χ2n) is 2.88. The number of hydrogen-bond donors (Lipinski definition) is 0. The van der Waals surface area contributed by atoms with E-state index in [1.54, 1.807) is 10.6 Å². The third-order valence-electron chi connectivity index (χ3n) is 2.04. The lowest BCUT2D eigenvalue weighted by atomic mass is 10.3. The summed E-state index contributed by atoms with van der Waals surface area (Å²) >= 11 is 9.09. The molecule has 5 heteroatoms. The van der Waals surface area contributed by atoms with Gasteiger partial charge in [0, 0.05) is 11.0 Å². The van der Waals surface area contributed by atoms with E-state index in [4.69, 9.17) is 11.6 Å². The van der Waals surface area contributed by atoms with Crippen LogP contribution in [0.15, 0.2) is 16.6 Å². The molecule has 0 aliphatic rings. The summed E-state index contributed by atoms with van der Waals surface area (Å²) in [6, 6.07) is 3.19. The summed E-state index contributed by atoms with van der Waals surface area (Å²) in [5, 5.41) is 0.319. The molecule has 0 amide bonds. The second-order valence-corrected chi connectivity index (χ2v) is 4.13. The minimum atomic E-state index is -0.358. The molecule has 0 saturated carbocycles. The van der Waals surface area contributed by atoms with Crippen molar-refractivity contribution in [1.82, 2.24) is 9.55 Å². The van der Waals surface area contributed by atoms with Crippen LogP contribution in [0, 0.1) is 5.82 Å². The second kappa shape index (κ2) is 3.51. The van der Waals surface area contributed by atoms with E-state index >= 15 is 0 Å². The van der Waals surface area contributed by atoms with E-state index in [9.17, 15) is 4.39 Å². The Kier molecular flexibility index (Phi) is 2.49. The average Bonchev–Trinajstić information content (AvgIpc) is 2.41. The van der Waals surface area contributed by atoms with Crippen molar-refractivity contribution in [2.75, 3.05) is 0 Å². The van der Waals surface area contributed by atoms with Gasteiger partial charge in [-0.25, -0.2) is 9.37 Å². The highest BCUT2D eigenvalue weighted by Crippen LogP contribution is 2.25. The molecule has 2 nitrogen and oxygen atoms in total. The fourth-order valence-corrected chi connectivity index (χ4v) is 2.13. The summed E-state index contributed by atoms with van der Waals surface area (Å²) < 4.78 is 15.9. The molecule has 2 rings (SSSR count). The van der Waals surface area contributed by atoms with Gasteiger partial charge in [0.2, 0.25) is 5.28 Å². The molecule has 14 heavy (non-hydrogen) atoms. The molecule has 0 fully saturated rings. The fourth-order valence-electron chi connectivity index (χ4n) is 1.42. The van der Waals surface area contributed by atoms with Gasteiger partial charge in [0.05, 0.1) is 5.52 Å². The van der Waals surface area contributed by atoms with Crippen LogP contribution in [-0.2, 0) is 6.54 Å². The number of aryl methyl sites for hydroxylation is 1. The minimum Gasteiger partial charge on any atom is -0.315 e.